The summed E-state index contributed by atoms with van der Waals surface area (Å²) in [5, 5.41) is 1.19. The molecule has 0 saturated carbocycles. The minimum Gasteiger partial charge on any atom is -0.378 e. The normalized spacial score (nSPS) is 10.8. The molecule has 0 radical (unpaired) electrons. The Balaban J connectivity index is 2.11. The van der Waals surface area contributed by atoms with E-state index in [0.717, 1.165) is 11.2 Å². The molecule has 0 atom stereocenters. The maximum Gasteiger partial charge on any atom is 0.0738 e. The molecule has 3 rings (SSSR count). The minimum atomic E-state index is 1.05. The van der Waals surface area contributed by atoms with Gasteiger partial charge in [0.15, 0.2) is 0 Å². The van der Waals surface area contributed by atoms with E-state index in [-0.39, 0.29) is 0 Å². The third-order valence-electron chi connectivity index (χ3n) is 3.57. The standard InChI is InChI=1S/C18H18N2/c1-13-12-15-6-4-5-7-17(15)19-18(13)14-8-10-16(11-9-14)20(2)3/h4-12H,1-3H3. The van der Waals surface area contributed by atoms with Gasteiger partial charge in [-0.3, -0.25) is 0 Å². The zero-order valence-electron chi connectivity index (χ0n) is 12.1. The van der Waals surface area contributed by atoms with Crippen LogP contribution in [0.2, 0.25) is 0 Å². The fraction of sp³-hybridized carbons (Fsp3) is 0.167. The first-order valence-electron chi connectivity index (χ1n) is 6.79. The summed E-state index contributed by atoms with van der Waals surface area (Å²) in [4.78, 5) is 6.91. The molecule has 2 heteroatoms. The maximum absolute atomic E-state index is 4.81. The van der Waals surface area contributed by atoms with Crippen molar-refractivity contribution in [2.45, 2.75) is 6.92 Å². The Labute approximate surface area is 119 Å². The van der Waals surface area contributed by atoms with Crippen molar-refractivity contribution in [1.82, 2.24) is 4.98 Å². The van der Waals surface area contributed by atoms with Crippen molar-refractivity contribution in [3.05, 3.63) is 60.2 Å². The molecule has 3 aromatic rings. The molecular weight excluding hydrogens is 244 g/mol. The number of rotatable bonds is 2. The van der Waals surface area contributed by atoms with Crippen LogP contribution >= 0.6 is 0 Å². The van der Waals surface area contributed by atoms with Gasteiger partial charge in [-0.25, -0.2) is 4.98 Å². The Kier molecular flexibility index (Phi) is 3.15. The quantitative estimate of drug-likeness (QED) is 0.685. The summed E-state index contributed by atoms with van der Waals surface area (Å²) in [6.07, 6.45) is 0. The number of fused-ring (bicyclic) bond motifs is 1. The Morgan fingerprint density at radius 2 is 1.60 bits per heavy atom. The highest BCUT2D eigenvalue weighted by atomic mass is 15.1. The van der Waals surface area contributed by atoms with Crippen LogP contribution in [0.3, 0.4) is 0 Å². The number of anilines is 1. The lowest BCUT2D eigenvalue weighted by Crippen LogP contribution is -2.08. The van der Waals surface area contributed by atoms with Crippen LogP contribution < -0.4 is 4.90 Å². The fourth-order valence-corrected chi connectivity index (χ4v) is 2.43. The second kappa shape index (κ2) is 4.97. The maximum atomic E-state index is 4.81. The summed E-state index contributed by atoms with van der Waals surface area (Å²) < 4.78 is 0. The molecule has 1 heterocycles. The van der Waals surface area contributed by atoms with Gasteiger partial charge >= 0.3 is 0 Å². The largest absolute Gasteiger partial charge is 0.378 e. The highest BCUT2D eigenvalue weighted by Gasteiger charge is 2.06. The van der Waals surface area contributed by atoms with E-state index < -0.39 is 0 Å². The Morgan fingerprint density at radius 1 is 0.900 bits per heavy atom. The number of hydrogen-bond donors (Lipinski definition) is 0. The number of nitrogens with zero attached hydrogens (tertiary/aromatic N) is 2. The van der Waals surface area contributed by atoms with Crippen molar-refractivity contribution in [2.24, 2.45) is 0 Å². The van der Waals surface area contributed by atoms with Gasteiger partial charge in [-0.1, -0.05) is 30.3 Å². The van der Waals surface area contributed by atoms with E-state index in [1.54, 1.807) is 0 Å². The number of pyridine rings is 1. The molecular formula is C18H18N2. The first kappa shape index (κ1) is 12.7. The van der Waals surface area contributed by atoms with Crippen molar-refractivity contribution in [3.63, 3.8) is 0 Å². The zero-order valence-corrected chi connectivity index (χ0v) is 12.1. The van der Waals surface area contributed by atoms with Crippen LogP contribution in [0.1, 0.15) is 5.56 Å². The first-order chi connectivity index (χ1) is 9.65. The lowest BCUT2D eigenvalue weighted by atomic mass is 10.0. The Bertz CT molecular complexity index is 743. The van der Waals surface area contributed by atoms with Gasteiger partial charge in [0.25, 0.3) is 0 Å². The van der Waals surface area contributed by atoms with E-state index in [2.05, 4.69) is 74.4 Å². The summed E-state index contributed by atoms with van der Waals surface area (Å²) in [6.45, 7) is 2.12. The predicted molar refractivity (Wildman–Crippen MR) is 86.2 cm³/mol. The summed E-state index contributed by atoms with van der Waals surface area (Å²) in [5.74, 6) is 0. The van der Waals surface area contributed by atoms with Gasteiger partial charge in [-0.15, -0.1) is 0 Å². The van der Waals surface area contributed by atoms with Crippen LogP contribution in [0.25, 0.3) is 22.2 Å². The zero-order chi connectivity index (χ0) is 14.1. The second-order valence-corrected chi connectivity index (χ2v) is 5.29. The molecule has 0 bridgehead atoms. The summed E-state index contributed by atoms with van der Waals surface area (Å²) in [6, 6.07) is 19.0. The molecule has 20 heavy (non-hydrogen) atoms. The highest BCUT2D eigenvalue weighted by molar-refractivity contribution is 5.83. The average molecular weight is 262 g/mol. The average Bonchev–Trinajstić information content (AvgIpc) is 2.46. The Morgan fingerprint density at radius 3 is 2.30 bits per heavy atom. The van der Waals surface area contributed by atoms with Gasteiger partial charge in [-0.05, 0) is 36.8 Å². The van der Waals surface area contributed by atoms with Gasteiger partial charge in [0.2, 0.25) is 0 Å². The molecule has 0 saturated heterocycles. The molecule has 0 N–H and O–H groups in total. The SMILES string of the molecule is Cc1cc2ccccc2nc1-c1ccc(N(C)C)cc1. The van der Waals surface area contributed by atoms with E-state index in [1.165, 1.54) is 22.2 Å². The van der Waals surface area contributed by atoms with Gasteiger partial charge in [0.05, 0.1) is 11.2 Å². The number of benzene rings is 2. The lowest BCUT2D eigenvalue weighted by molar-refractivity contribution is 1.13. The van der Waals surface area contributed by atoms with Crippen LogP contribution in [-0.2, 0) is 0 Å². The van der Waals surface area contributed by atoms with Gasteiger partial charge < -0.3 is 4.90 Å². The number of para-hydroxylation sites is 1. The van der Waals surface area contributed by atoms with E-state index >= 15 is 0 Å². The summed E-state index contributed by atoms with van der Waals surface area (Å²) >= 11 is 0. The minimum absolute atomic E-state index is 1.05. The molecule has 0 fully saturated rings. The van der Waals surface area contributed by atoms with Gasteiger partial charge in [0.1, 0.15) is 0 Å². The summed E-state index contributed by atoms with van der Waals surface area (Å²) in [7, 11) is 4.10. The van der Waals surface area contributed by atoms with E-state index in [1.807, 2.05) is 6.07 Å². The summed E-state index contributed by atoms with van der Waals surface area (Å²) in [5.41, 5.74) is 5.69. The topological polar surface area (TPSA) is 16.1 Å². The van der Waals surface area contributed by atoms with Crippen LogP contribution in [0, 0.1) is 6.92 Å². The third kappa shape index (κ3) is 2.25. The predicted octanol–water partition coefficient (Wildman–Crippen LogP) is 4.28. The Hall–Kier alpha value is -2.35. The van der Waals surface area contributed by atoms with Crippen LogP contribution in [0.15, 0.2) is 54.6 Å². The van der Waals surface area contributed by atoms with E-state index in [9.17, 15) is 0 Å². The first-order valence-corrected chi connectivity index (χ1v) is 6.79. The molecule has 2 nitrogen and oxygen atoms in total. The van der Waals surface area contributed by atoms with Crippen LogP contribution in [0.4, 0.5) is 5.69 Å². The van der Waals surface area contributed by atoms with Gasteiger partial charge in [0, 0.05) is 30.7 Å². The van der Waals surface area contributed by atoms with Crippen molar-refractivity contribution < 1.29 is 0 Å². The fourth-order valence-electron chi connectivity index (χ4n) is 2.43. The monoisotopic (exact) mass is 262 g/mol. The van der Waals surface area contributed by atoms with Crippen molar-refractivity contribution in [3.8, 4) is 11.3 Å². The smallest absolute Gasteiger partial charge is 0.0738 e. The van der Waals surface area contributed by atoms with Crippen molar-refractivity contribution >= 4 is 16.6 Å². The van der Waals surface area contributed by atoms with Crippen LogP contribution in [-0.4, -0.2) is 19.1 Å². The number of hydrogen-bond acceptors (Lipinski definition) is 2. The van der Waals surface area contributed by atoms with Crippen molar-refractivity contribution in [1.29, 1.82) is 0 Å². The molecule has 0 amide bonds. The molecule has 0 spiro atoms. The molecule has 2 aromatic carbocycles. The third-order valence-corrected chi connectivity index (χ3v) is 3.57. The number of aryl methyl sites for hydroxylation is 1. The van der Waals surface area contributed by atoms with E-state index in [4.69, 9.17) is 4.98 Å². The van der Waals surface area contributed by atoms with Crippen LogP contribution in [0.5, 0.6) is 0 Å². The van der Waals surface area contributed by atoms with E-state index in [0.29, 0.717) is 0 Å². The highest BCUT2D eigenvalue weighted by Crippen LogP contribution is 2.26. The molecule has 100 valence electrons. The lowest BCUT2D eigenvalue weighted by Gasteiger charge is -2.13. The molecule has 1 aromatic heterocycles. The molecule has 0 aliphatic rings. The second-order valence-electron chi connectivity index (χ2n) is 5.29. The molecule has 0 aliphatic carbocycles. The van der Waals surface area contributed by atoms with Gasteiger partial charge in [-0.2, -0.15) is 0 Å². The molecule has 0 unspecified atom stereocenters. The number of aromatic nitrogens is 1. The molecule has 0 aliphatic heterocycles. The van der Waals surface area contributed by atoms with Crippen molar-refractivity contribution in [2.75, 3.05) is 19.0 Å².